The maximum Gasteiger partial charge on any atom is 0.269 e. The number of anilines is 1. The molecular weight excluding hydrogens is 232 g/mol. The lowest BCUT2D eigenvalue weighted by Gasteiger charge is -1.97. The normalized spacial score (nSPS) is 11.7. The minimum Gasteiger partial charge on any atom is -0.428 e. The molecule has 3 nitrogen and oxygen atoms in total. The number of oxazole rings is 1. The Morgan fingerprint density at radius 1 is 1.41 bits per heavy atom. The molecule has 0 saturated carbocycles. The van der Waals surface area contributed by atoms with E-state index < -0.39 is 0 Å². The third-order valence-corrected chi connectivity index (χ3v) is 2.79. The Labute approximate surface area is 105 Å². The van der Waals surface area contributed by atoms with E-state index in [4.69, 9.17) is 16.6 Å². The molecule has 0 saturated heterocycles. The standard InChI is InChI=1S/C13H14N2OS/c1-3-15-10(2)12(16-13(15)17)9-14-11-7-5-4-6-8-11/h4-9,14H,2-3H2,1H3/b12-9-. The lowest BCUT2D eigenvalue weighted by Crippen LogP contribution is -2.27. The molecule has 0 aliphatic rings. The summed E-state index contributed by atoms with van der Waals surface area (Å²) in [6.45, 7) is 6.73. The van der Waals surface area contributed by atoms with Crippen molar-refractivity contribution in [3.63, 3.8) is 0 Å². The van der Waals surface area contributed by atoms with E-state index in [-0.39, 0.29) is 0 Å². The van der Waals surface area contributed by atoms with Crippen LogP contribution in [0.25, 0.3) is 12.8 Å². The number of nitrogens with zero attached hydrogens (tertiary/aromatic N) is 1. The Hall–Kier alpha value is -1.81. The van der Waals surface area contributed by atoms with Crippen molar-refractivity contribution in [3.05, 3.63) is 45.9 Å². The van der Waals surface area contributed by atoms with Crippen molar-refractivity contribution in [3.8, 4) is 0 Å². The second kappa shape index (κ2) is 5.01. The summed E-state index contributed by atoms with van der Waals surface area (Å²) in [5, 5.41) is 3.94. The molecule has 0 aliphatic heterocycles. The predicted octanol–water partition coefficient (Wildman–Crippen LogP) is 2.09. The van der Waals surface area contributed by atoms with Gasteiger partial charge in [0.1, 0.15) is 0 Å². The Balaban J connectivity index is 2.36. The smallest absolute Gasteiger partial charge is 0.269 e. The summed E-state index contributed by atoms with van der Waals surface area (Å²) in [7, 11) is 0. The van der Waals surface area contributed by atoms with Gasteiger partial charge in [-0.3, -0.25) is 4.57 Å². The van der Waals surface area contributed by atoms with Crippen molar-refractivity contribution in [1.82, 2.24) is 4.57 Å². The first kappa shape index (κ1) is 11.7. The molecule has 1 heterocycles. The highest BCUT2D eigenvalue weighted by atomic mass is 32.1. The average Bonchev–Trinajstić information content (AvgIpc) is 2.63. The number of nitrogens with one attached hydrogen (secondary N) is 1. The van der Waals surface area contributed by atoms with Gasteiger partial charge in [-0.25, -0.2) is 0 Å². The van der Waals surface area contributed by atoms with Gasteiger partial charge < -0.3 is 9.73 Å². The highest BCUT2D eigenvalue weighted by Gasteiger charge is 1.97. The van der Waals surface area contributed by atoms with E-state index >= 15 is 0 Å². The van der Waals surface area contributed by atoms with Crippen LogP contribution in [0, 0.1) is 4.84 Å². The molecule has 2 rings (SSSR count). The lowest BCUT2D eigenvalue weighted by atomic mass is 10.3. The molecule has 0 spiro atoms. The van der Waals surface area contributed by atoms with Crippen LogP contribution in [0.15, 0.2) is 34.7 Å². The van der Waals surface area contributed by atoms with Crippen LogP contribution in [0.4, 0.5) is 5.69 Å². The van der Waals surface area contributed by atoms with Gasteiger partial charge in [0, 0.05) is 18.4 Å². The molecule has 0 radical (unpaired) electrons. The number of benzene rings is 1. The summed E-state index contributed by atoms with van der Waals surface area (Å²) >= 11 is 5.10. The zero-order valence-corrected chi connectivity index (χ0v) is 10.5. The van der Waals surface area contributed by atoms with Gasteiger partial charge in [0.25, 0.3) is 4.84 Å². The largest absolute Gasteiger partial charge is 0.428 e. The van der Waals surface area contributed by atoms with Gasteiger partial charge in [0.15, 0.2) is 5.42 Å². The van der Waals surface area contributed by atoms with Gasteiger partial charge in [-0.1, -0.05) is 24.8 Å². The highest BCUT2D eigenvalue weighted by molar-refractivity contribution is 7.71. The molecule has 4 heteroatoms. The minimum absolute atomic E-state index is 0.457. The fraction of sp³-hybridized carbons (Fsp3) is 0.154. The molecule has 88 valence electrons. The van der Waals surface area contributed by atoms with Crippen molar-refractivity contribution in [2.45, 2.75) is 13.5 Å². The predicted molar refractivity (Wildman–Crippen MR) is 72.5 cm³/mol. The van der Waals surface area contributed by atoms with E-state index in [1.54, 1.807) is 6.20 Å². The second-order valence-corrected chi connectivity index (χ2v) is 3.93. The molecule has 1 aromatic carbocycles. The van der Waals surface area contributed by atoms with Crippen LogP contribution in [0.2, 0.25) is 0 Å². The fourth-order valence-corrected chi connectivity index (χ4v) is 1.90. The zero-order chi connectivity index (χ0) is 12.3. The van der Waals surface area contributed by atoms with E-state index in [9.17, 15) is 0 Å². The number of para-hydroxylation sites is 1. The van der Waals surface area contributed by atoms with Crippen LogP contribution in [0.5, 0.6) is 0 Å². The minimum atomic E-state index is 0.457. The van der Waals surface area contributed by atoms with Crippen molar-refractivity contribution in [2.75, 3.05) is 5.32 Å². The molecule has 0 aliphatic carbocycles. The van der Waals surface area contributed by atoms with E-state index in [0.717, 1.165) is 17.6 Å². The highest BCUT2D eigenvalue weighted by Crippen LogP contribution is 2.03. The molecule has 0 amide bonds. The zero-order valence-electron chi connectivity index (χ0n) is 9.64. The molecular formula is C13H14N2OS. The first-order valence-corrected chi connectivity index (χ1v) is 5.83. The lowest BCUT2D eigenvalue weighted by molar-refractivity contribution is 0.488. The van der Waals surface area contributed by atoms with E-state index in [1.165, 1.54) is 0 Å². The van der Waals surface area contributed by atoms with Crippen molar-refractivity contribution >= 4 is 30.7 Å². The summed E-state index contributed by atoms with van der Waals surface area (Å²) < 4.78 is 7.31. The van der Waals surface area contributed by atoms with E-state index in [1.807, 2.05) is 41.8 Å². The van der Waals surface area contributed by atoms with Crippen molar-refractivity contribution in [1.29, 1.82) is 0 Å². The van der Waals surface area contributed by atoms with Gasteiger partial charge in [0.05, 0.1) is 5.35 Å². The maximum atomic E-state index is 5.46. The van der Waals surface area contributed by atoms with Gasteiger partial charge in [-0.15, -0.1) is 0 Å². The molecule has 2 aromatic rings. The monoisotopic (exact) mass is 246 g/mol. The quantitative estimate of drug-likeness (QED) is 0.841. The number of rotatable bonds is 3. The second-order valence-electron chi connectivity index (χ2n) is 3.58. The number of aromatic nitrogens is 1. The molecule has 1 aromatic heterocycles. The van der Waals surface area contributed by atoms with Crippen molar-refractivity contribution < 1.29 is 4.42 Å². The third-order valence-electron chi connectivity index (χ3n) is 2.49. The molecule has 0 fully saturated rings. The molecule has 1 N–H and O–H groups in total. The van der Waals surface area contributed by atoms with Crippen molar-refractivity contribution in [2.24, 2.45) is 0 Å². The number of hydrogen-bond acceptors (Lipinski definition) is 3. The van der Waals surface area contributed by atoms with Gasteiger partial charge in [-0.05, 0) is 31.3 Å². The Morgan fingerprint density at radius 2 is 2.12 bits per heavy atom. The average molecular weight is 246 g/mol. The summed E-state index contributed by atoms with van der Waals surface area (Å²) in [5.74, 6) is 0. The van der Waals surface area contributed by atoms with Crippen LogP contribution in [0.3, 0.4) is 0 Å². The number of hydrogen-bond donors (Lipinski definition) is 1. The molecule has 0 bridgehead atoms. The molecule has 17 heavy (non-hydrogen) atoms. The van der Waals surface area contributed by atoms with Crippen LogP contribution in [-0.4, -0.2) is 4.57 Å². The Morgan fingerprint density at radius 3 is 2.71 bits per heavy atom. The summed E-state index contributed by atoms with van der Waals surface area (Å²) in [6.07, 6.45) is 1.78. The Kier molecular flexibility index (Phi) is 3.44. The maximum absolute atomic E-state index is 5.46. The van der Waals surface area contributed by atoms with E-state index in [2.05, 4.69) is 11.9 Å². The van der Waals surface area contributed by atoms with Crippen LogP contribution < -0.4 is 16.1 Å². The van der Waals surface area contributed by atoms with Crippen LogP contribution >= 0.6 is 12.2 Å². The summed E-state index contributed by atoms with van der Waals surface area (Å²) in [4.78, 5) is 0.457. The Bertz CT molecular complexity index is 655. The van der Waals surface area contributed by atoms with Crippen LogP contribution in [-0.2, 0) is 6.54 Å². The first-order chi connectivity index (χ1) is 8.22. The van der Waals surface area contributed by atoms with E-state index in [0.29, 0.717) is 10.3 Å². The first-order valence-electron chi connectivity index (χ1n) is 5.42. The summed E-state index contributed by atoms with van der Waals surface area (Å²) in [5.41, 5.74) is 1.66. The summed E-state index contributed by atoms with van der Waals surface area (Å²) in [6, 6.07) is 9.86. The van der Waals surface area contributed by atoms with Crippen LogP contribution in [0.1, 0.15) is 6.92 Å². The topological polar surface area (TPSA) is 30.1 Å². The van der Waals surface area contributed by atoms with Gasteiger partial charge >= 0.3 is 0 Å². The molecule has 0 unspecified atom stereocenters. The SMILES string of the molecule is C=c1/c(=C/Nc2ccccc2)oc(=S)n1CC. The van der Waals surface area contributed by atoms with Gasteiger partial charge in [0.2, 0.25) is 0 Å². The third kappa shape index (κ3) is 2.47. The molecule has 0 atom stereocenters. The van der Waals surface area contributed by atoms with Gasteiger partial charge in [-0.2, -0.15) is 0 Å². The fourth-order valence-electron chi connectivity index (χ4n) is 1.57.